The van der Waals surface area contributed by atoms with Crippen LogP contribution in [0.3, 0.4) is 0 Å². The van der Waals surface area contributed by atoms with Crippen molar-refractivity contribution < 1.29 is 4.79 Å². The minimum atomic E-state index is 0.000222. The molecule has 2 aromatic rings. The number of hydrogen-bond acceptors (Lipinski definition) is 4. The van der Waals surface area contributed by atoms with Crippen LogP contribution in [-0.4, -0.2) is 29.6 Å². The van der Waals surface area contributed by atoms with Crippen molar-refractivity contribution in [3.05, 3.63) is 77.8 Å². The number of aliphatic imine (C=N–C) groups is 1. The van der Waals surface area contributed by atoms with Crippen LogP contribution in [0.25, 0.3) is 0 Å². The predicted molar refractivity (Wildman–Crippen MR) is 93.8 cm³/mol. The van der Waals surface area contributed by atoms with Crippen molar-refractivity contribution in [1.29, 1.82) is 0 Å². The van der Waals surface area contributed by atoms with Gasteiger partial charge in [-0.05, 0) is 26.0 Å². The normalized spacial score (nSPS) is 13.0. The van der Waals surface area contributed by atoms with Gasteiger partial charge in [-0.3, -0.25) is 14.8 Å². The number of benzene rings is 1. The molecule has 1 aromatic heterocycles. The lowest BCUT2D eigenvalue weighted by molar-refractivity contribution is 0.104. The molecule has 0 fully saturated rings. The molecule has 23 heavy (non-hydrogen) atoms. The van der Waals surface area contributed by atoms with E-state index in [4.69, 9.17) is 0 Å². The van der Waals surface area contributed by atoms with E-state index in [0.29, 0.717) is 12.1 Å². The van der Waals surface area contributed by atoms with E-state index >= 15 is 0 Å². The molecule has 1 N–H and O–H groups in total. The Labute approximate surface area is 137 Å². The molecule has 0 amide bonds. The molecule has 0 saturated heterocycles. The molecule has 0 aliphatic heterocycles. The lowest BCUT2D eigenvalue weighted by Gasteiger charge is -2.09. The monoisotopic (exact) mass is 307 g/mol. The maximum atomic E-state index is 12.1. The van der Waals surface area contributed by atoms with Crippen molar-refractivity contribution in [2.24, 2.45) is 4.99 Å². The van der Waals surface area contributed by atoms with Crippen molar-refractivity contribution in [1.82, 2.24) is 10.3 Å². The largest absolute Gasteiger partial charge is 0.386 e. The highest BCUT2D eigenvalue weighted by Crippen LogP contribution is 2.02. The van der Waals surface area contributed by atoms with E-state index in [9.17, 15) is 4.79 Å². The molecule has 0 aliphatic rings. The second kappa shape index (κ2) is 8.63. The number of rotatable bonds is 7. The van der Waals surface area contributed by atoms with Crippen LogP contribution in [0.5, 0.6) is 0 Å². The highest BCUT2D eigenvalue weighted by atomic mass is 16.1. The molecular weight excluding hydrogens is 286 g/mol. The van der Waals surface area contributed by atoms with Crippen LogP contribution in [-0.2, 0) is 0 Å². The average molecular weight is 307 g/mol. The quantitative estimate of drug-likeness (QED) is 0.485. The average Bonchev–Trinajstić information content (AvgIpc) is 2.60. The summed E-state index contributed by atoms with van der Waals surface area (Å²) in [5.41, 5.74) is 2.36. The van der Waals surface area contributed by atoms with Gasteiger partial charge in [0.25, 0.3) is 0 Å². The zero-order chi connectivity index (χ0) is 16.5. The maximum absolute atomic E-state index is 12.1. The van der Waals surface area contributed by atoms with Crippen LogP contribution in [0.2, 0.25) is 0 Å². The molecule has 0 spiro atoms. The third-order valence-corrected chi connectivity index (χ3v) is 3.23. The van der Waals surface area contributed by atoms with E-state index in [0.717, 1.165) is 11.4 Å². The number of carbonyl (C=O) groups excluding carboxylic acids is 1. The molecular formula is C19H21N3O. The summed E-state index contributed by atoms with van der Waals surface area (Å²) in [6.07, 6.45) is 5.12. The third-order valence-electron chi connectivity index (χ3n) is 3.23. The summed E-state index contributed by atoms with van der Waals surface area (Å²) in [5, 5.41) is 3.23. The Morgan fingerprint density at radius 3 is 2.65 bits per heavy atom. The molecule has 118 valence electrons. The van der Waals surface area contributed by atoms with E-state index in [1.807, 2.05) is 62.4 Å². The standard InChI is InChI=1S/C19H21N3O/c1-15(12-19(23)17-8-4-3-5-9-17)21-13-16(2)22-14-18-10-6-7-11-20-18/h3-12,14,16,21H,13H2,1-2H3/b15-12+,22-14?. The van der Waals surface area contributed by atoms with E-state index in [1.165, 1.54) is 0 Å². The summed E-state index contributed by atoms with van der Waals surface area (Å²) >= 11 is 0. The molecule has 0 aliphatic carbocycles. The summed E-state index contributed by atoms with van der Waals surface area (Å²) in [4.78, 5) is 20.7. The Morgan fingerprint density at radius 1 is 1.22 bits per heavy atom. The van der Waals surface area contributed by atoms with Crippen LogP contribution in [0.1, 0.15) is 29.9 Å². The number of aromatic nitrogens is 1. The Morgan fingerprint density at radius 2 is 1.96 bits per heavy atom. The number of ketones is 1. The summed E-state index contributed by atoms with van der Waals surface area (Å²) in [5.74, 6) is 0.000222. The number of carbonyl (C=O) groups is 1. The Hall–Kier alpha value is -2.75. The number of allylic oxidation sites excluding steroid dienone is 2. The van der Waals surface area contributed by atoms with E-state index < -0.39 is 0 Å². The Balaban J connectivity index is 1.84. The van der Waals surface area contributed by atoms with Crippen molar-refractivity contribution in [2.75, 3.05) is 6.54 Å². The highest BCUT2D eigenvalue weighted by Gasteiger charge is 2.03. The summed E-state index contributed by atoms with van der Waals surface area (Å²) < 4.78 is 0. The molecule has 4 heteroatoms. The van der Waals surface area contributed by atoms with Gasteiger partial charge >= 0.3 is 0 Å². The van der Waals surface area contributed by atoms with Crippen LogP contribution in [0, 0.1) is 0 Å². The minimum Gasteiger partial charge on any atom is -0.386 e. The second-order valence-corrected chi connectivity index (χ2v) is 5.32. The lowest BCUT2D eigenvalue weighted by Crippen LogP contribution is -2.22. The topological polar surface area (TPSA) is 54.4 Å². The second-order valence-electron chi connectivity index (χ2n) is 5.32. The van der Waals surface area contributed by atoms with Crippen molar-refractivity contribution in [2.45, 2.75) is 19.9 Å². The van der Waals surface area contributed by atoms with Gasteiger partial charge in [0.2, 0.25) is 0 Å². The van der Waals surface area contributed by atoms with Gasteiger partial charge < -0.3 is 5.32 Å². The van der Waals surface area contributed by atoms with Crippen molar-refractivity contribution >= 4 is 12.0 Å². The zero-order valence-electron chi connectivity index (χ0n) is 13.4. The molecule has 1 heterocycles. The predicted octanol–water partition coefficient (Wildman–Crippen LogP) is 3.27. The number of nitrogens with one attached hydrogen (secondary N) is 1. The summed E-state index contributed by atoms with van der Waals surface area (Å²) in [6.45, 7) is 4.56. The third kappa shape index (κ3) is 5.87. The van der Waals surface area contributed by atoms with Gasteiger partial charge in [-0.25, -0.2) is 0 Å². The fraction of sp³-hybridized carbons (Fsp3) is 0.211. The minimum absolute atomic E-state index is 0.000222. The van der Waals surface area contributed by atoms with Gasteiger partial charge in [0.05, 0.1) is 11.7 Å². The first-order chi connectivity index (χ1) is 11.1. The zero-order valence-corrected chi connectivity index (χ0v) is 13.4. The molecule has 2 rings (SSSR count). The molecule has 0 saturated carbocycles. The number of nitrogens with zero attached hydrogens (tertiary/aromatic N) is 2. The van der Waals surface area contributed by atoms with Crippen molar-refractivity contribution in [3.8, 4) is 0 Å². The summed E-state index contributed by atoms with van der Waals surface area (Å²) in [6, 6.07) is 15.0. The molecule has 1 unspecified atom stereocenters. The van der Waals surface area contributed by atoms with E-state index in [1.54, 1.807) is 18.5 Å². The van der Waals surface area contributed by atoms with Gasteiger partial charge in [-0.1, -0.05) is 36.4 Å². The Bertz CT molecular complexity index is 678. The first-order valence-electron chi connectivity index (χ1n) is 7.61. The fourth-order valence-corrected chi connectivity index (χ4v) is 1.95. The fourth-order valence-electron chi connectivity index (χ4n) is 1.95. The first kappa shape index (κ1) is 16.6. The van der Waals surface area contributed by atoms with Gasteiger partial charge in [0.1, 0.15) is 0 Å². The molecule has 0 bridgehead atoms. The number of pyridine rings is 1. The van der Waals surface area contributed by atoms with Gasteiger partial charge in [-0.15, -0.1) is 0 Å². The summed E-state index contributed by atoms with van der Waals surface area (Å²) in [7, 11) is 0. The maximum Gasteiger partial charge on any atom is 0.187 e. The van der Waals surface area contributed by atoms with Gasteiger partial charge in [0, 0.05) is 36.3 Å². The highest BCUT2D eigenvalue weighted by molar-refractivity contribution is 6.04. The smallest absolute Gasteiger partial charge is 0.187 e. The van der Waals surface area contributed by atoms with Gasteiger partial charge in [0.15, 0.2) is 5.78 Å². The van der Waals surface area contributed by atoms with E-state index in [2.05, 4.69) is 15.3 Å². The Kier molecular flexibility index (Phi) is 6.24. The molecule has 4 nitrogen and oxygen atoms in total. The first-order valence-corrected chi connectivity index (χ1v) is 7.61. The van der Waals surface area contributed by atoms with Crippen LogP contribution >= 0.6 is 0 Å². The van der Waals surface area contributed by atoms with Crippen LogP contribution in [0.15, 0.2) is 71.5 Å². The SMILES string of the molecule is C/C(=C\C(=O)c1ccccc1)NCC(C)N=Cc1ccccn1. The molecule has 1 atom stereocenters. The molecule has 0 radical (unpaired) electrons. The number of hydrogen-bond donors (Lipinski definition) is 1. The molecule has 1 aromatic carbocycles. The lowest BCUT2D eigenvalue weighted by atomic mass is 10.1. The van der Waals surface area contributed by atoms with Crippen molar-refractivity contribution in [3.63, 3.8) is 0 Å². The van der Waals surface area contributed by atoms with Gasteiger partial charge in [-0.2, -0.15) is 0 Å². The van der Waals surface area contributed by atoms with E-state index in [-0.39, 0.29) is 11.8 Å². The van der Waals surface area contributed by atoms with Crippen LogP contribution < -0.4 is 5.32 Å². The van der Waals surface area contributed by atoms with Crippen LogP contribution in [0.4, 0.5) is 0 Å².